The summed E-state index contributed by atoms with van der Waals surface area (Å²) in [6.07, 6.45) is 10.8. The van der Waals surface area contributed by atoms with Gasteiger partial charge in [0.1, 0.15) is 11.5 Å². The molecule has 3 aliphatic carbocycles. The second kappa shape index (κ2) is 12.4. The van der Waals surface area contributed by atoms with Gasteiger partial charge in [-0.3, -0.25) is 4.79 Å². The highest BCUT2D eigenvalue weighted by Gasteiger charge is 2.61. The molecule has 0 amide bonds. The fraction of sp³-hybridized carbons (Fsp3) is 0.743. The van der Waals surface area contributed by atoms with E-state index in [1.807, 2.05) is 12.1 Å². The summed E-state index contributed by atoms with van der Waals surface area (Å²) in [5.74, 6) is 2.54. The summed E-state index contributed by atoms with van der Waals surface area (Å²) in [7, 11) is -0.278. The van der Waals surface area contributed by atoms with Crippen LogP contribution >= 0.6 is 0 Å². The van der Waals surface area contributed by atoms with Crippen LogP contribution in [0.4, 0.5) is 0 Å². The Morgan fingerprint density at radius 3 is 2.17 bits per heavy atom. The molecule has 4 rings (SSSR count). The average molecular weight is 569 g/mol. The Morgan fingerprint density at radius 1 is 0.925 bits per heavy atom. The Hall–Kier alpha value is -1.43. The smallest absolute Gasteiger partial charge is 0.200 e. The van der Waals surface area contributed by atoms with Crippen LogP contribution in [0.5, 0.6) is 5.75 Å². The molecule has 0 radical (unpaired) electrons. The first-order valence-electron chi connectivity index (χ1n) is 16.0. The second-order valence-corrected chi connectivity index (χ2v) is 19.8. The Morgan fingerprint density at radius 2 is 1.57 bits per heavy atom. The van der Waals surface area contributed by atoms with Crippen LogP contribution in [0.25, 0.3) is 0 Å². The summed E-state index contributed by atoms with van der Waals surface area (Å²) < 4.78 is 19.4. The predicted molar refractivity (Wildman–Crippen MR) is 167 cm³/mol. The lowest BCUT2D eigenvalue weighted by atomic mass is 9.44. The Labute approximate surface area is 245 Å². The van der Waals surface area contributed by atoms with Gasteiger partial charge in [0.2, 0.25) is 8.32 Å². The van der Waals surface area contributed by atoms with Gasteiger partial charge in [0.25, 0.3) is 0 Å². The van der Waals surface area contributed by atoms with Gasteiger partial charge in [-0.2, -0.15) is 0 Å². The number of fused-ring (bicyclic) bond motifs is 3. The number of hydrogen-bond donors (Lipinski definition) is 0. The van der Waals surface area contributed by atoms with Gasteiger partial charge in [-0.1, -0.05) is 79.7 Å². The van der Waals surface area contributed by atoms with E-state index in [1.54, 1.807) is 7.11 Å². The molecule has 40 heavy (non-hydrogen) atoms. The van der Waals surface area contributed by atoms with Gasteiger partial charge in [0, 0.05) is 24.4 Å². The first-order chi connectivity index (χ1) is 18.9. The molecule has 0 unspecified atom stereocenters. The third-order valence-electron chi connectivity index (χ3n) is 11.7. The second-order valence-electron chi connectivity index (χ2n) is 14.4. The summed E-state index contributed by atoms with van der Waals surface area (Å²) in [6, 6.07) is 8.19. The lowest BCUT2D eigenvalue weighted by molar-refractivity contribution is -0.150. The fourth-order valence-corrected chi connectivity index (χ4v) is 15.1. The molecule has 4 nitrogen and oxygen atoms in total. The van der Waals surface area contributed by atoms with Gasteiger partial charge < -0.3 is 13.9 Å². The quantitative estimate of drug-likeness (QED) is 0.208. The molecule has 0 bridgehead atoms. The molecular formula is C35H56O4Si. The fourth-order valence-electron chi connectivity index (χ4n) is 9.41. The molecule has 0 N–H and O–H groups in total. The minimum absolute atomic E-state index is 0.0348. The van der Waals surface area contributed by atoms with Crippen molar-refractivity contribution < 1.29 is 18.7 Å². The lowest BCUT2D eigenvalue weighted by Gasteiger charge is -2.62. The summed E-state index contributed by atoms with van der Waals surface area (Å²) in [5.41, 5.74) is 2.97. The maximum atomic E-state index is 12.8. The molecule has 224 valence electrons. The molecule has 1 aromatic rings. The number of allylic oxidation sites excluding steroid dienone is 2. The number of ketones is 1. The van der Waals surface area contributed by atoms with Gasteiger partial charge in [-0.15, -0.1) is 0 Å². The van der Waals surface area contributed by atoms with Crippen LogP contribution in [0.1, 0.15) is 99.5 Å². The summed E-state index contributed by atoms with van der Waals surface area (Å²) in [5, 5.41) is 0. The number of hydrogen-bond acceptors (Lipinski definition) is 4. The topological polar surface area (TPSA) is 44.8 Å². The number of carbonyl (C=O) groups is 1. The molecule has 0 saturated heterocycles. The van der Waals surface area contributed by atoms with Crippen molar-refractivity contribution in [2.75, 3.05) is 13.7 Å². The maximum Gasteiger partial charge on any atom is 0.200 e. The van der Waals surface area contributed by atoms with E-state index in [2.05, 4.69) is 79.7 Å². The van der Waals surface area contributed by atoms with E-state index in [0.717, 1.165) is 37.0 Å². The normalized spacial score (nSPS) is 32.8. The number of rotatable bonds is 10. The molecule has 5 heteroatoms. The molecule has 1 aromatic carbocycles. The van der Waals surface area contributed by atoms with Crippen LogP contribution in [0.2, 0.25) is 16.6 Å². The van der Waals surface area contributed by atoms with E-state index >= 15 is 0 Å². The first-order valence-corrected chi connectivity index (χ1v) is 18.1. The average Bonchev–Trinajstić information content (AvgIpc) is 3.08. The van der Waals surface area contributed by atoms with Crippen LogP contribution in [0.15, 0.2) is 36.4 Å². The Bertz CT molecular complexity index is 1010. The highest BCUT2D eigenvalue weighted by molar-refractivity contribution is 6.77. The molecule has 3 aliphatic rings. The summed E-state index contributed by atoms with van der Waals surface area (Å²) in [4.78, 5) is 12.8. The van der Waals surface area contributed by atoms with Crippen LogP contribution in [-0.4, -0.2) is 33.9 Å². The lowest BCUT2D eigenvalue weighted by Crippen LogP contribution is -2.60. The van der Waals surface area contributed by atoms with E-state index in [4.69, 9.17) is 13.9 Å². The molecule has 2 fully saturated rings. The zero-order chi connectivity index (χ0) is 29.3. The van der Waals surface area contributed by atoms with E-state index in [9.17, 15) is 4.79 Å². The van der Waals surface area contributed by atoms with E-state index in [1.165, 1.54) is 0 Å². The van der Waals surface area contributed by atoms with Crippen LogP contribution < -0.4 is 4.74 Å². The largest absolute Gasteiger partial charge is 0.497 e. The van der Waals surface area contributed by atoms with Crippen molar-refractivity contribution in [3.8, 4) is 5.75 Å². The SMILES string of the molecule is COc1ccc(COC[C@@]23CCC(=O)CC[C@H]2C=C[C@H]2[C@H](C)[C@@H](O[Si](C(C)C)(C(C)C)C(C)C)CC[C@@]23C)cc1. The molecule has 0 spiro atoms. The monoisotopic (exact) mass is 568 g/mol. The predicted octanol–water partition coefficient (Wildman–Crippen LogP) is 9.14. The highest BCUT2D eigenvalue weighted by atomic mass is 28.4. The van der Waals surface area contributed by atoms with Gasteiger partial charge in [-0.25, -0.2) is 0 Å². The molecule has 6 atom stereocenters. The third-order valence-corrected chi connectivity index (χ3v) is 17.8. The molecule has 0 aliphatic heterocycles. The molecule has 0 aromatic heterocycles. The molecule has 2 saturated carbocycles. The molecular weight excluding hydrogens is 512 g/mol. The standard InChI is InChI=1S/C35H56O4Si/c1-24(2)40(25(3)4,26(5)6)39-33-19-20-34(8)32(27(33)7)17-13-29-12-14-30(36)18-21-35(29,34)23-38-22-28-10-15-31(37-9)16-11-28/h10-11,13,15-17,24-27,29,32-33H,12,14,18-23H2,1-9H3/t27-,29-,32-,33-,34-,35-/m0/s1. The zero-order valence-electron chi connectivity index (χ0n) is 26.8. The van der Waals surface area contributed by atoms with Crippen molar-refractivity contribution in [1.29, 1.82) is 0 Å². The van der Waals surface area contributed by atoms with Crippen molar-refractivity contribution in [1.82, 2.24) is 0 Å². The number of Topliss-reactive ketones (excluding diaryl/α,β-unsaturated/α-hetero) is 1. The van der Waals surface area contributed by atoms with Gasteiger partial charge in [-0.05, 0) is 83.2 Å². The minimum Gasteiger partial charge on any atom is -0.497 e. The van der Waals surface area contributed by atoms with Gasteiger partial charge in [0.05, 0.1) is 20.3 Å². The van der Waals surface area contributed by atoms with Crippen molar-refractivity contribution in [2.24, 2.45) is 28.6 Å². The zero-order valence-corrected chi connectivity index (χ0v) is 27.8. The number of carbonyl (C=O) groups excluding carboxylic acids is 1. The summed E-state index contributed by atoms with van der Waals surface area (Å²) >= 11 is 0. The Kier molecular flexibility index (Phi) is 9.79. The van der Waals surface area contributed by atoms with E-state index < -0.39 is 8.32 Å². The van der Waals surface area contributed by atoms with E-state index in [0.29, 0.717) is 72.3 Å². The Balaban J connectivity index is 1.62. The van der Waals surface area contributed by atoms with Crippen LogP contribution in [0.3, 0.4) is 0 Å². The summed E-state index contributed by atoms with van der Waals surface area (Å²) in [6.45, 7) is 20.6. The van der Waals surface area contributed by atoms with Crippen molar-refractivity contribution >= 4 is 14.1 Å². The number of ether oxygens (including phenoxy) is 2. The first kappa shape index (κ1) is 31.5. The minimum atomic E-state index is -1.98. The van der Waals surface area contributed by atoms with Crippen molar-refractivity contribution in [2.45, 2.75) is 123 Å². The van der Waals surface area contributed by atoms with Crippen molar-refractivity contribution in [3.63, 3.8) is 0 Å². The van der Waals surface area contributed by atoms with Gasteiger partial charge in [0.15, 0.2) is 0 Å². The number of benzene rings is 1. The van der Waals surface area contributed by atoms with Crippen LogP contribution in [-0.2, 0) is 20.6 Å². The highest BCUT2D eigenvalue weighted by Crippen LogP contribution is 2.65. The van der Waals surface area contributed by atoms with Crippen molar-refractivity contribution in [3.05, 3.63) is 42.0 Å². The van der Waals surface area contributed by atoms with E-state index in [-0.39, 0.29) is 10.8 Å². The molecule has 0 heterocycles. The third kappa shape index (κ3) is 5.52. The van der Waals surface area contributed by atoms with Crippen LogP contribution in [0, 0.1) is 28.6 Å². The number of methoxy groups -OCH3 is 1. The van der Waals surface area contributed by atoms with Gasteiger partial charge >= 0.3 is 0 Å². The maximum absolute atomic E-state index is 12.8.